The zero-order chi connectivity index (χ0) is 11.2. The van der Waals surface area contributed by atoms with E-state index >= 15 is 0 Å². The largest absolute Gasteiger partial charge is 0.380 e. The van der Waals surface area contributed by atoms with E-state index in [1.165, 1.54) is 24.0 Å². The molecule has 1 aliphatic heterocycles. The average Bonchev–Trinajstić information content (AvgIpc) is 2.30. The van der Waals surface area contributed by atoms with E-state index in [1.807, 2.05) is 0 Å². The third kappa shape index (κ3) is 3.62. The molecule has 2 heteroatoms. The Morgan fingerprint density at radius 1 is 1.44 bits per heavy atom. The molecule has 0 aliphatic carbocycles. The molecule has 1 aromatic carbocycles. The predicted molar refractivity (Wildman–Crippen MR) is 66.7 cm³/mol. The van der Waals surface area contributed by atoms with Gasteiger partial charge in [0, 0.05) is 12.6 Å². The topological polar surface area (TPSA) is 21.3 Å². The van der Waals surface area contributed by atoms with Crippen LogP contribution in [0.3, 0.4) is 0 Å². The van der Waals surface area contributed by atoms with Crippen LogP contribution in [0.2, 0.25) is 0 Å². The van der Waals surface area contributed by atoms with Crippen molar-refractivity contribution in [2.75, 3.05) is 19.8 Å². The van der Waals surface area contributed by atoms with Crippen LogP contribution in [0.5, 0.6) is 0 Å². The summed E-state index contributed by atoms with van der Waals surface area (Å²) in [5.41, 5.74) is 2.77. The standard InChI is InChI=1S/C14H21NO/c1-12-4-2-5-13(10-12)7-8-15-14-6-3-9-16-11-14/h2,4-5,10,14-15H,3,6-9,11H2,1H3. The molecule has 0 spiro atoms. The van der Waals surface area contributed by atoms with Crippen LogP contribution in [-0.2, 0) is 11.2 Å². The van der Waals surface area contributed by atoms with Gasteiger partial charge in [0.05, 0.1) is 6.61 Å². The zero-order valence-electron chi connectivity index (χ0n) is 10.0. The van der Waals surface area contributed by atoms with E-state index < -0.39 is 0 Å². The van der Waals surface area contributed by atoms with Gasteiger partial charge in [0.1, 0.15) is 0 Å². The molecule has 1 heterocycles. The highest BCUT2D eigenvalue weighted by Crippen LogP contribution is 2.07. The number of rotatable bonds is 4. The third-order valence-corrected chi connectivity index (χ3v) is 3.09. The molecule has 88 valence electrons. The lowest BCUT2D eigenvalue weighted by Crippen LogP contribution is -2.37. The third-order valence-electron chi connectivity index (χ3n) is 3.09. The summed E-state index contributed by atoms with van der Waals surface area (Å²) in [4.78, 5) is 0. The molecular weight excluding hydrogens is 198 g/mol. The lowest BCUT2D eigenvalue weighted by molar-refractivity contribution is 0.0707. The first-order valence-corrected chi connectivity index (χ1v) is 6.21. The summed E-state index contributed by atoms with van der Waals surface area (Å²) in [6, 6.07) is 9.31. The number of nitrogens with one attached hydrogen (secondary N) is 1. The second kappa shape index (κ2) is 6.02. The molecular formula is C14H21NO. The molecule has 0 radical (unpaired) electrons. The monoisotopic (exact) mass is 219 g/mol. The first-order chi connectivity index (χ1) is 7.84. The van der Waals surface area contributed by atoms with E-state index in [-0.39, 0.29) is 0 Å². The summed E-state index contributed by atoms with van der Waals surface area (Å²) in [5.74, 6) is 0. The first-order valence-electron chi connectivity index (χ1n) is 6.21. The summed E-state index contributed by atoms with van der Waals surface area (Å²) >= 11 is 0. The van der Waals surface area contributed by atoms with Crippen LogP contribution >= 0.6 is 0 Å². The van der Waals surface area contributed by atoms with Crippen molar-refractivity contribution in [2.45, 2.75) is 32.2 Å². The maximum atomic E-state index is 5.44. The smallest absolute Gasteiger partial charge is 0.0619 e. The van der Waals surface area contributed by atoms with Gasteiger partial charge in [0.15, 0.2) is 0 Å². The van der Waals surface area contributed by atoms with Gasteiger partial charge in [-0.15, -0.1) is 0 Å². The maximum absolute atomic E-state index is 5.44. The molecule has 0 amide bonds. The van der Waals surface area contributed by atoms with E-state index in [0.29, 0.717) is 6.04 Å². The van der Waals surface area contributed by atoms with E-state index in [2.05, 4.69) is 36.5 Å². The predicted octanol–water partition coefficient (Wildman–Crippen LogP) is 2.31. The average molecular weight is 219 g/mol. The SMILES string of the molecule is Cc1cccc(CCNC2CCCOC2)c1. The van der Waals surface area contributed by atoms with Crippen molar-refractivity contribution < 1.29 is 4.74 Å². The van der Waals surface area contributed by atoms with E-state index in [4.69, 9.17) is 4.74 Å². The minimum atomic E-state index is 0.568. The minimum absolute atomic E-state index is 0.568. The molecule has 1 N–H and O–H groups in total. The van der Waals surface area contributed by atoms with E-state index in [9.17, 15) is 0 Å². The highest BCUT2D eigenvalue weighted by Gasteiger charge is 2.12. The Kier molecular flexibility index (Phi) is 4.37. The van der Waals surface area contributed by atoms with Crippen molar-refractivity contribution in [1.29, 1.82) is 0 Å². The molecule has 0 bridgehead atoms. The van der Waals surface area contributed by atoms with Crippen molar-refractivity contribution in [3.8, 4) is 0 Å². The van der Waals surface area contributed by atoms with Crippen molar-refractivity contribution >= 4 is 0 Å². The molecule has 0 saturated carbocycles. The van der Waals surface area contributed by atoms with Crippen LogP contribution in [0, 0.1) is 6.92 Å². The number of benzene rings is 1. The first kappa shape index (κ1) is 11.6. The van der Waals surface area contributed by atoms with Crippen LogP contribution in [0.1, 0.15) is 24.0 Å². The van der Waals surface area contributed by atoms with Crippen molar-refractivity contribution in [3.05, 3.63) is 35.4 Å². The fourth-order valence-electron chi connectivity index (χ4n) is 2.19. The van der Waals surface area contributed by atoms with E-state index in [1.54, 1.807) is 0 Å². The molecule has 1 aliphatic rings. The number of ether oxygens (including phenoxy) is 1. The van der Waals surface area contributed by atoms with Gasteiger partial charge in [-0.2, -0.15) is 0 Å². The van der Waals surface area contributed by atoms with Crippen molar-refractivity contribution in [2.24, 2.45) is 0 Å². The molecule has 1 unspecified atom stereocenters. The van der Waals surface area contributed by atoms with Gasteiger partial charge in [-0.3, -0.25) is 0 Å². The molecule has 1 aromatic rings. The quantitative estimate of drug-likeness (QED) is 0.839. The molecule has 1 atom stereocenters. The van der Waals surface area contributed by atoms with Gasteiger partial charge in [-0.25, -0.2) is 0 Å². The summed E-state index contributed by atoms with van der Waals surface area (Å²) in [6.45, 7) is 5.02. The summed E-state index contributed by atoms with van der Waals surface area (Å²) in [6.07, 6.45) is 3.56. The lowest BCUT2D eigenvalue weighted by atomic mass is 10.1. The molecule has 2 nitrogen and oxygen atoms in total. The second-order valence-electron chi connectivity index (χ2n) is 4.61. The van der Waals surface area contributed by atoms with Crippen LogP contribution in [0.15, 0.2) is 24.3 Å². The van der Waals surface area contributed by atoms with Crippen LogP contribution in [-0.4, -0.2) is 25.8 Å². The summed E-state index contributed by atoms with van der Waals surface area (Å²) in [7, 11) is 0. The molecule has 16 heavy (non-hydrogen) atoms. The lowest BCUT2D eigenvalue weighted by Gasteiger charge is -2.23. The highest BCUT2D eigenvalue weighted by molar-refractivity contribution is 5.22. The second-order valence-corrected chi connectivity index (χ2v) is 4.61. The van der Waals surface area contributed by atoms with Gasteiger partial charge in [-0.1, -0.05) is 29.8 Å². The fourth-order valence-corrected chi connectivity index (χ4v) is 2.19. The van der Waals surface area contributed by atoms with Gasteiger partial charge in [0.25, 0.3) is 0 Å². The highest BCUT2D eigenvalue weighted by atomic mass is 16.5. The Morgan fingerprint density at radius 2 is 2.38 bits per heavy atom. The van der Waals surface area contributed by atoms with Gasteiger partial charge < -0.3 is 10.1 Å². The molecule has 1 saturated heterocycles. The van der Waals surface area contributed by atoms with Gasteiger partial charge in [-0.05, 0) is 38.3 Å². The zero-order valence-corrected chi connectivity index (χ0v) is 10.0. The van der Waals surface area contributed by atoms with Gasteiger partial charge in [0.2, 0.25) is 0 Å². The Morgan fingerprint density at radius 3 is 3.12 bits per heavy atom. The van der Waals surface area contributed by atoms with Crippen molar-refractivity contribution in [3.63, 3.8) is 0 Å². The maximum Gasteiger partial charge on any atom is 0.0619 e. The fraction of sp³-hybridized carbons (Fsp3) is 0.571. The van der Waals surface area contributed by atoms with Crippen LogP contribution in [0.4, 0.5) is 0 Å². The Hall–Kier alpha value is -0.860. The van der Waals surface area contributed by atoms with Crippen LogP contribution < -0.4 is 5.32 Å². The Balaban J connectivity index is 1.71. The summed E-state index contributed by atoms with van der Waals surface area (Å²) < 4.78 is 5.44. The molecule has 0 aromatic heterocycles. The summed E-state index contributed by atoms with van der Waals surface area (Å²) in [5, 5.41) is 3.56. The number of aryl methyl sites for hydroxylation is 1. The molecule has 2 rings (SSSR count). The Bertz CT molecular complexity index is 318. The molecule has 1 fully saturated rings. The minimum Gasteiger partial charge on any atom is -0.380 e. The normalized spacial score (nSPS) is 20.9. The van der Waals surface area contributed by atoms with Crippen LogP contribution in [0.25, 0.3) is 0 Å². The van der Waals surface area contributed by atoms with E-state index in [0.717, 1.165) is 26.2 Å². The van der Waals surface area contributed by atoms with Crippen molar-refractivity contribution in [1.82, 2.24) is 5.32 Å². The number of hydrogen-bond acceptors (Lipinski definition) is 2. The van der Waals surface area contributed by atoms with Gasteiger partial charge >= 0.3 is 0 Å². The number of hydrogen-bond donors (Lipinski definition) is 1. The Labute approximate surface area is 98.0 Å².